The summed E-state index contributed by atoms with van der Waals surface area (Å²) in [6.45, 7) is 1.63. The maximum atomic E-state index is 12.1. The van der Waals surface area contributed by atoms with E-state index in [0.29, 0.717) is 16.9 Å². The molecule has 21 heavy (non-hydrogen) atoms. The zero-order valence-electron chi connectivity index (χ0n) is 11.5. The van der Waals surface area contributed by atoms with Crippen LogP contribution in [-0.2, 0) is 9.53 Å². The predicted molar refractivity (Wildman–Crippen MR) is 72.1 cm³/mol. The smallest absolute Gasteiger partial charge is 0.343 e. The summed E-state index contributed by atoms with van der Waals surface area (Å²) in [4.78, 5) is 23.9. The van der Waals surface area contributed by atoms with Crippen molar-refractivity contribution < 1.29 is 29.3 Å². The molecular formula is C15H14O6. The van der Waals surface area contributed by atoms with Crippen molar-refractivity contribution in [3.8, 4) is 11.5 Å². The molecule has 0 amide bonds. The number of carbonyl (C=O) groups excluding carboxylic acids is 2. The second kappa shape index (κ2) is 4.33. The number of phenols is 1. The Hall–Kier alpha value is -2.34. The molecule has 1 aromatic rings. The summed E-state index contributed by atoms with van der Waals surface area (Å²) in [5, 5.41) is 19.7. The third-order valence-electron chi connectivity index (χ3n) is 3.91. The van der Waals surface area contributed by atoms with Crippen LogP contribution in [0.15, 0.2) is 18.2 Å². The molecule has 1 aliphatic carbocycles. The van der Waals surface area contributed by atoms with E-state index in [2.05, 4.69) is 0 Å². The van der Waals surface area contributed by atoms with Gasteiger partial charge in [0.2, 0.25) is 0 Å². The van der Waals surface area contributed by atoms with Crippen LogP contribution in [0.25, 0.3) is 5.57 Å². The Morgan fingerprint density at radius 1 is 1.38 bits per heavy atom. The molecule has 0 saturated heterocycles. The van der Waals surface area contributed by atoms with Crippen molar-refractivity contribution in [2.24, 2.45) is 0 Å². The van der Waals surface area contributed by atoms with E-state index >= 15 is 0 Å². The number of esters is 1. The third-order valence-corrected chi connectivity index (χ3v) is 3.91. The van der Waals surface area contributed by atoms with Crippen molar-refractivity contribution in [2.75, 3.05) is 7.11 Å². The molecule has 0 saturated carbocycles. The molecular weight excluding hydrogens is 276 g/mol. The minimum absolute atomic E-state index is 0.00344. The van der Waals surface area contributed by atoms with Crippen molar-refractivity contribution in [2.45, 2.75) is 25.0 Å². The lowest BCUT2D eigenvalue weighted by Crippen LogP contribution is -2.45. The number of fused-ring (bicyclic) bond motifs is 3. The highest BCUT2D eigenvalue weighted by Crippen LogP contribution is 2.46. The van der Waals surface area contributed by atoms with Gasteiger partial charge >= 0.3 is 5.97 Å². The van der Waals surface area contributed by atoms with Crippen molar-refractivity contribution in [3.63, 3.8) is 0 Å². The minimum Gasteiger partial charge on any atom is -0.507 e. The molecule has 6 nitrogen and oxygen atoms in total. The van der Waals surface area contributed by atoms with Gasteiger partial charge in [0, 0.05) is 23.6 Å². The molecule has 0 unspecified atom stereocenters. The first-order valence-electron chi connectivity index (χ1n) is 6.44. The molecule has 2 aliphatic rings. The highest BCUT2D eigenvalue weighted by molar-refractivity contribution is 6.09. The molecule has 2 atom stereocenters. The number of rotatable bonds is 1. The second-order valence-electron chi connectivity index (χ2n) is 5.37. The molecule has 0 aromatic heterocycles. The summed E-state index contributed by atoms with van der Waals surface area (Å²) in [6.07, 6.45) is 0.0476. The van der Waals surface area contributed by atoms with Crippen LogP contribution in [0.4, 0.5) is 0 Å². The van der Waals surface area contributed by atoms with Crippen LogP contribution in [0.1, 0.15) is 29.3 Å². The summed E-state index contributed by atoms with van der Waals surface area (Å²) in [5.74, 6) is -1.04. The van der Waals surface area contributed by atoms with E-state index in [1.807, 2.05) is 0 Å². The average Bonchev–Trinajstić information content (AvgIpc) is 2.40. The van der Waals surface area contributed by atoms with Gasteiger partial charge in [0.05, 0.1) is 7.11 Å². The number of hydrogen-bond acceptors (Lipinski definition) is 6. The van der Waals surface area contributed by atoms with Crippen LogP contribution in [0.2, 0.25) is 0 Å². The number of aliphatic hydroxyl groups is 1. The maximum Gasteiger partial charge on any atom is 0.343 e. The Balaban J connectivity index is 2.29. The first-order chi connectivity index (χ1) is 9.85. The van der Waals surface area contributed by atoms with Gasteiger partial charge in [-0.2, -0.15) is 0 Å². The van der Waals surface area contributed by atoms with E-state index in [1.165, 1.54) is 19.3 Å². The van der Waals surface area contributed by atoms with Gasteiger partial charge in [-0.05, 0) is 19.1 Å². The maximum absolute atomic E-state index is 12.1. The van der Waals surface area contributed by atoms with Gasteiger partial charge in [0.25, 0.3) is 0 Å². The van der Waals surface area contributed by atoms with E-state index in [-0.39, 0.29) is 17.7 Å². The first-order valence-corrected chi connectivity index (χ1v) is 6.44. The second-order valence-corrected chi connectivity index (χ2v) is 5.37. The largest absolute Gasteiger partial charge is 0.507 e. The molecule has 3 rings (SSSR count). The number of aromatic hydroxyl groups is 1. The predicted octanol–water partition coefficient (Wildman–Crippen LogP) is 1.05. The molecule has 6 heteroatoms. The normalized spacial score (nSPS) is 27.4. The molecule has 0 radical (unpaired) electrons. The van der Waals surface area contributed by atoms with E-state index in [9.17, 15) is 19.8 Å². The molecule has 1 heterocycles. The Morgan fingerprint density at radius 3 is 2.76 bits per heavy atom. The number of benzene rings is 1. The third kappa shape index (κ3) is 1.91. The minimum atomic E-state index is -1.20. The van der Waals surface area contributed by atoms with Gasteiger partial charge in [-0.1, -0.05) is 0 Å². The standard InChI is InChI=1S/C15H14O6/c1-15-6-12(18)10(16)5-9(15)8-3-7(20-2)4-11(17)13(8)14(19)21-15/h3-5,12,17-18H,6H2,1-2H3/t12-,15-/m1/s1. The summed E-state index contributed by atoms with van der Waals surface area (Å²) in [5.41, 5.74) is -0.243. The van der Waals surface area contributed by atoms with Gasteiger partial charge in [0.15, 0.2) is 5.78 Å². The summed E-state index contributed by atoms with van der Waals surface area (Å²) in [7, 11) is 1.44. The molecule has 2 N–H and O–H groups in total. The van der Waals surface area contributed by atoms with E-state index in [0.717, 1.165) is 0 Å². The van der Waals surface area contributed by atoms with Gasteiger partial charge in [-0.25, -0.2) is 4.79 Å². The lowest BCUT2D eigenvalue weighted by Gasteiger charge is -2.40. The number of hydrogen-bond donors (Lipinski definition) is 2. The van der Waals surface area contributed by atoms with Crippen LogP contribution < -0.4 is 4.74 Å². The fourth-order valence-corrected chi connectivity index (χ4v) is 2.83. The topological polar surface area (TPSA) is 93.1 Å². The Morgan fingerprint density at radius 2 is 2.10 bits per heavy atom. The summed E-state index contributed by atoms with van der Waals surface area (Å²) in [6, 6.07) is 2.88. The molecule has 1 aromatic carbocycles. The van der Waals surface area contributed by atoms with Gasteiger partial charge in [-0.3, -0.25) is 4.79 Å². The lowest BCUT2D eigenvalue weighted by molar-refractivity contribution is -0.126. The Bertz CT molecular complexity index is 690. The lowest BCUT2D eigenvalue weighted by atomic mass is 9.76. The monoisotopic (exact) mass is 290 g/mol. The van der Waals surface area contributed by atoms with Crippen molar-refractivity contribution in [1.29, 1.82) is 0 Å². The van der Waals surface area contributed by atoms with Crippen LogP contribution in [0.5, 0.6) is 11.5 Å². The number of ether oxygens (including phenoxy) is 2. The van der Waals surface area contributed by atoms with Crippen molar-refractivity contribution in [3.05, 3.63) is 29.3 Å². The van der Waals surface area contributed by atoms with E-state index in [4.69, 9.17) is 9.47 Å². The molecule has 1 aliphatic heterocycles. The van der Waals surface area contributed by atoms with Gasteiger partial charge < -0.3 is 19.7 Å². The average molecular weight is 290 g/mol. The van der Waals surface area contributed by atoms with Crippen LogP contribution in [0.3, 0.4) is 0 Å². The number of carbonyl (C=O) groups is 2. The van der Waals surface area contributed by atoms with Crippen molar-refractivity contribution >= 4 is 17.3 Å². The quantitative estimate of drug-likeness (QED) is 0.751. The van der Waals surface area contributed by atoms with Gasteiger partial charge in [0.1, 0.15) is 28.8 Å². The molecule has 0 fully saturated rings. The van der Waals surface area contributed by atoms with Crippen LogP contribution in [-0.4, -0.2) is 40.8 Å². The van der Waals surface area contributed by atoms with E-state index < -0.39 is 23.5 Å². The summed E-state index contributed by atoms with van der Waals surface area (Å²) < 4.78 is 10.4. The first kappa shape index (κ1) is 13.6. The molecule has 0 bridgehead atoms. The van der Waals surface area contributed by atoms with Gasteiger partial charge in [-0.15, -0.1) is 0 Å². The fourth-order valence-electron chi connectivity index (χ4n) is 2.83. The number of ketones is 1. The van der Waals surface area contributed by atoms with Crippen LogP contribution >= 0.6 is 0 Å². The van der Waals surface area contributed by atoms with Crippen molar-refractivity contribution in [1.82, 2.24) is 0 Å². The zero-order chi connectivity index (χ0) is 15.4. The fraction of sp³-hybridized carbons (Fsp3) is 0.333. The zero-order valence-corrected chi connectivity index (χ0v) is 11.5. The number of phenolic OH excluding ortho intramolecular Hbond substituents is 1. The summed E-state index contributed by atoms with van der Waals surface area (Å²) >= 11 is 0. The molecule has 0 spiro atoms. The Kier molecular flexibility index (Phi) is 2.81. The number of methoxy groups -OCH3 is 1. The highest BCUT2D eigenvalue weighted by atomic mass is 16.6. The SMILES string of the molecule is COc1cc(O)c2c(c1)C1=CC(=O)[C@H](O)C[C@@]1(C)OC2=O. The number of aliphatic hydroxyl groups excluding tert-OH is 1. The Labute approximate surface area is 120 Å². The van der Waals surface area contributed by atoms with E-state index in [1.54, 1.807) is 13.0 Å². The molecule has 110 valence electrons. The highest BCUT2D eigenvalue weighted by Gasteiger charge is 2.47. The van der Waals surface area contributed by atoms with Crippen LogP contribution in [0, 0.1) is 0 Å².